The molecule has 0 radical (unpaired) electrons. The van der Waals surface area contributed by atoms with Crippen molar-refractivity contribution in [2.24, 2.45) is 0 Å². The summed E-state index contributed by atoms with van der Waals surface area (Å²) in [5, 5.41) is 7.82. The second kappa shape index (κ2) is 8.59. The van der Waals surface area contributed by atoms with E-state index in [0.717, 1.165) is 33.3 Å². The number of aromatic nitrogens is 3. The van der Waals surface area contributed by atoms with Gasteiger partial charge in [0, 0.05) is 38.8 Å². The molecule has 0 aliphatic rings. The maximum atomic E-state index is 13.2. The Morgan fingerprint density at radius 1 is 1.06 bits per heavy atom. The number of aryl methyl sites for hydroxylation is 1. The van der Waals surface area contributed by atoms with Crippen LogP contribution in [0, 0.1) is 6.92 Å². The van der Waals surface area contributed by atoms with Crippen LogP contribution in [0.3, 0.4) is 0 Å². The van der Waals surface area contributed by atoms with Gasteiger partial charge in [-0.3, -0.25) is 9.78 Å². The van der Waals surface area contributed by atoms with Gasteiger partial charge < -0.3 is 11.1 Å². The number of nitrogens with zero attached hydrogens (tertiary/aromatic N) is 3. The zero-order chi connectivity index (χ0) is 23.1. The molecule has 0 aliphatic carbocycles. The molecule has 0 spiro atoms. The molecule has 0 saturated heterocycles. The summed E-state index contributed by atoms with van der Waals surface area (Å²) >= 11 is 13.7. The molecule has 2 aromatic carbocycles. The second-order valence-corrected chi connectivity index (χ2v) is 9.36. The molecular formula is C24H17Cl2N5OS. The molecule has 5 rings (SSSR count). The van der Waals surface area contributed by atoms with E-state index in [4.69, 9.17) is 28.9 Å². The molecule has 5 aromatic rings. The Labute approximate surface area is 203 Å². The van der Waals surface area contributed by atoms with Crippen molar-refractivity contribution in [3.8, 4) is 0 Å². The standard InChI is InChI=1S/C24H17Cl2N5OS/c1-12-2-3-16-17(4-5-28-19(16)8-13-6-14(25)9-15(26)7-13)20(12)31-24(32)18-10-33-22-21(18)29-11-30-23(22)27/h2-7,9-11H,8H2,1H3,(H,31,32)(H2,27,29,30). The van der Waals surface area contributed by atoms with Crippen molar-refractivity contribution in [1.82, 2.24) is 15.0 Å². The van der Waals surface area contributed by atoms with Crippen molar-refractivity contribution in [3.63, 3.8) is 0 Å². The zero-order valence-corrected chi connectivity index (χ0v) is 19.7. The monoisotopic (exact) mass is 493 g/mol. The van der Waals surface area contributed by atoms with Crippen molar-refractivity contribution in [3.05, 3.63) is 86.7 Å². The molecule has 0 aliphatic heterocycles. The topological polar surface area (TPSA) is 93.8 Å². The number of nitrogen functional groups attached to an aromatic ring is 1. The van der Waals surface area contributed by atoms with Gasteiger partial charge in [-0.25, -0.2) is 9.97 Å². The molecule has 9 heteroatoms. The third kappa shape index (κ3) is 4.11. The summed E-state index contributed by atoms with van der Waals surface area (Å²) in [5.41, 5.74) is 10.4. The number of hydrogen-bond donors (Lipinski definition) is 2. The van der Waals surface area contributed by atoms with E-state index in [1.54, 1.807) is 17.6 Å². The second-order valence-electron chi connectivity index (χ2n) is 7.60. The highest BCUT2D eigenvalue weighted by Gasteiger charge is 2.18. The van der Waals surface area contributed by atoms with Crippen LogP contribution in [0.25, 0.3) is 21.0 Å². The summed E-state index contributed by atoms with van der Waals surface area (Å²) in [6, 6.07) is 11.3. The average Bonchev–Trinajstić information content (AvgIpc) is 3.21. The average molecular weight is 494 g/mol. The minimum absolute atomic E-state index is 0.255. The smallest absolute Gasteiger partial charge is 0.258 e. The van der Waals surface area contributed by atoms with Crippen LogP contribution in [0.5, 0.6) is 0 Å². The van der Waals surface area contributed by atoms with Crippen molar-refractivity contribution >= 4 is 72.9 Å². The summed E-state index contributed by atoms with van der Waals surface area (Å²) in [4.78, 5) is 26.0. The molecule has 0 bridgehead atoms. The van der Waals surface area contributed by atoms with Gasteiger partial charge in [-0.05, 0) is 42.3 Å². The first-order chi connectivity index (χ1) is 15.9. The van der Waals surface area contributed by atoms with E-state index in [-0.39, 0.29) is 5.91 Å². The SMILES string of the molecule is Cc1ccc2c(Cc3cc(Cl)cc(Cl)c3)nccc2c1NC(=O)c1csc2c(N)ncnc12. The Hall–Kier alpha value is -3.26. The van der Waals surface area contributed by atoms with E-state index in [9.17, 15) is 4.79 Å². The number of fused-ring (bicyclic) bond motifs is 2. The maximum absolute atomic E-state index is 13.2. The fourth-order valence-corrected chi connectivity index (χ4v) is 5.32. The molecule has 0 saturated carbocycles. The van der Waals surface area contributed by atoms with Gasteiger partial charge in [0.1, 0.15) is 12.1 Å². The number of pyridine rings is 1. The Bertz CT molecular complexity index is 1530. The molecule has 3 heterocycles. The van der Waals surface area contributed by atoms with Crippen LogP contribution in [0.1, 0.15) is 27.2 Å². The lowest BCUT2D eigenvalue weighted by Gasteiger charge is -2.14. The van der Waals surface area contributed by atoms with E-state index < -0.39 is 0 Å². The van der Waals surface area contributed by atoms with Crippen LogP contribution in [0.2, 0.25) is 10.0 Å². The van der Waals surface area contributed by atoms with Crippen molar-refractivity contribution < 1.29 is 4.79 Å². The summed E-state index contributed by atoms with van der Waals surface area (Å²) < 4.78 is 0.698. The quantitative estimate of drug-likeness (QED) is 0.307. The van der Waals surface area contributed by atoms with Gasteiger partial charge >= 0.3 is 0 Å². The number of anilines is 2. The van der Waals surface area contributed by atoms with Gasteiger partial charge in [0.15, 0.2) is 0 Å². The van der Waals surface area contributed by atoms with Gasteiger partial charge in [0.25, 0.3) is 5.91 Å². The molecular weight excluding hydrogens is 477 g/mol. The van der Waals surface area contributed by atoms with Gasteiger partial charge in [-0.1, -0.05) is 35.3 Å². The fourth-order valence-electron chi connectivity index (χ4n) is 3.85. The Morgan fingerprint density at radius 3 is 2.64 bits per heavy atom. The number of thiophene rings is 1. The van der Waals surface area contributed by atoms with E-state index in [2.05, 4.69) is 20.3 Å². The molecule has 3 aromatic heterocycles. The number of halogens is 2. The first-order valence-corrected chi connectivity index (χ1v) is 11.7. The zero-order valence-electron chi connectivity index (χ0n) is 17.4. The highest BCUT2D eigenvalue weighted by molar-refractivity contribution is 7.18. The van der Waals surface area contributed by atoms with E-state index in [0.29, 0.717) is 38.1 Å². The Kier molecular flexibility index (Phi) is 5.62. The van der Waals surface area contributed by atoms with Crippen molar-refractivity contribution in [2.45, 2.75) is 13.3 Å². The lowest BCUT2D eigenvalue weighted by Crippen LogP contribution is -2.13. The van der Waals surface area contributed by atoms with Crippen LogP contribution >= 0.6 is 34.5 Å². The summed E-state index contributed by atoms with van der Waals surface area (Å²) in [6.07, 6.45) is 3.66. The highest BCUT2D eigenvalue weighted by atomic mass is 35.5. The molecule has 164 valence electrons. The Morgan fingerprint density at radius 2 is 1.85 bits per heavy atom. The van der Waals surface area contributed by atoms with Crippen LogP contribution in [0.15, 0.2) is 54.3 Å². The number of carbonyl (C=O) groups excluding carboxylic acids is 1. The number of carbonyl (C=O) groups is 1. The number of nitrogens with two attached hydrogens (primary N) is 1. The summed E-state index contributed by atoms with van der Waals surface area (Å²) in [5.74, 6) is 0.108. The minimum atomic E-state index is -0.255. The molecule has 33 heavy (non-hydrogen) atoms. The van der Waals surface area contributed by atoms with Crippen LogP contribution in [-0.2, 0) is 6.42 Å². The predicted octanol–water partition coefficient (Wildman–Crippen LogP) is 6.28. The number of hydrogen-bond acceptors (Lipinski definition) is 6. The van der Waals surface area contributed by atoms with Gasteiger partial charge in [0.05, 0.1) is 27.2 Å². The normalized spacial score (nSPS) is 11.2. The number of nitrogens with one attached hydrogen (secondary N) is 1. The first-order valence-electron chi connectivity index (χ1n) is 10.0. The van der Waals surface area contributed by atoms with Gasteiger partial charge in [0.2, 0.25) is 0 Å². The summed E-state index contributed by atoms with van der Waals surface area (Å²) in [7, 11) is 0. The third-order valence-corrected chi connectivity index (χ3v) is 6.82. The lowest BCUT2D eigenvalue weighted by atomic mass is 10.00. The molecule has 0 fully saturated rings. The molecule has 3 N–H and O–H groups in total. The minimum Gasteiger partial charge on any atom is -0.382 e. The number of benzene rings is 2. The number of amides is 1. The largest absolute Gasteiger partial charge is 0.382 e. The molecule has 6 nitrogen and oxygen atoms in total. The van der Waals surface area contributed by atoms with Gasteiger partial charge in [-0.2, -0.15) is 0 Å². The van der Waals surface area contributed by atoms with E-state index >= 15 is 0 Å². The maximum Gasteiger partial charge on any atom is 0.258 e. The lowest BCUT2D eigenvalue weighted by molar-refractivity contribution is 0.102. The van der Waals surface area contributed by atoms with Crippen molar-refractivity contribution in [1.29, 1.82) is 0 Å². The van der Waals surface area contributed by atoms with Crippen LogP contribution in [0.4, 0.5) is 11.5 Å². The van der Waals surface area contributed by atoms with Crippen LogP contribution < -0.4 is 11.1 Å². The van der Waals surface area contributed by atoms with E-state index in [1.807, 2.05) is 37.3 Å². The van der Waals surface area contributed by atoms with E-state index in [1.165, 1.54) is 17.7 Å². The summed E-state index contributed by atoms with van der Waals surface area (Å²) in [6.45, 7) is 1.96. The molecule has 1 amide bonds. The molecule has 0 unspecified atom stereocenters. The van der Waals surface area contributed by atoms with Gasteiger partial charge in [-0.15, -0.1) is 11.3 Å². The highest BCUT2D eigenvalue weighted by Crippen LogP contribution is 2.32. The fraction of sp³-hybridized carbons (Fsp3) is 0.0833. The van der Waals surface area contributed by atoms with Crippen LogP contribution in [-0.4, -0.2) is 20.9 Å². The molecule has 0 atom stereocenters. The Balaban J connectivity index is 1.54. The first kappa shape index (κ1) is 21.6. The predicted molar refractivity (Wildman–Crippen MR) is 136 cm³/mol. The third-order valence-electron chi connectivity index (χ3n) is 5.39. The van der Waals surface area contributed by atoms with Crippen molar-refractivity contribution in [2.75, 3.05) is 11.1 Å². The number of rotatable bonds is 4.